The second-order valence-electron chi connectivity index (χ2n) is 8.12. The average Bonchev–Trinajstić information content (AvgIpc) is 3.20. The van der Waals surface area contributed by atoms with Gasteiger partial charge in [0.25, 0.3) is 0 Å². The van der Waals surface area contributed by atoms with Crippen LogP contribution in [0.4, 0.5) is 4.39 Å². The molecule has 0 amide bonds. The number of hydrogen-bond acceptors (Lipinski definition) is 4. The van der Waals surface area contributed by atoms with Crippen molar-refractivity contribution in [2.24, 2.45) is 0 Å². The number of benzene rings is 2. The Morgan fingerprint density at radius 2 is 1.90 bits per heavy atom. The first-order valence-electron chi connectivity index (χ1n) is 10.4. The third-order valence-corrected chi connectivity index (χ3v) is 5.70. The van der Waals surface area contributed by atoms with Crippen LogP contribution in [-0.4, -0.2) is 34.5 Å². The normalized spacial score (nSPS) is 15.3. The average molecular weight is 405 g/mol. The Labute approximate surface area is 174 Å². The summed E-state index contributed by atoms with van der Waals surface area (Å²) in [6.45, 7) is 5.69. The van der Waals surface area contributed by atoms with Gasteiger partial charge in [-0.1, -0.05) is 26.0 Å². The second-order valence-corrected chi connectivity index (χ2v) is 8.12. The van der Waals surface area contributed by atoms with Crippen LogP contribution in [0.1, 0.15) is 38.2 Å². The molecular weight excluding hydrogens is 381 g/mol. The zero-order valence-corrected chi connectivity index (χ0v) is 17.1. The van der Waals surface area contributed by atoms with Gasteiger partial charge in [-0.15, -0.1) is 0 Å². The Bertz CT molecular complexity index is 1190. The van der Waals surface area contributed by atoms with E-state index >= 15 is 0 Å². The molecule has 0 atom stereocenters. The molecule has 0 unspecified atom stereocenters. The van der Waals surface area contributed by atoms with Crippen molar-refractivity contribution in [2.75, 3.05) is 13.2 Å². The van der Waals surface area contributed by atoms with Crippen LogP contribution in [0, 0.1) is 5.82 Å². The molecule has 2 aromatic carbocycles. The van der Waals surface area contributed by atoms with E-state index in [-0.39, 0.29) is 17.8 Å². The highest BCUT2D eigenvalue weighted by Crippen LogP contribution is 2.42. The van der Waals surface area contributed by atoms with Gasteiger partial charge in [0.1, 0.15) is 11.9 Å². The number of hydrogen-bond donors (Lipinski definition) is 1. The van der Waals surface area contributed by atoms with Crippen LogP contribution in [-0.2, 0) is 4.74 Å². The lowest BCUT2D eigenvalue weighted by Gasteiger charge is -2.26. The zero-order valence-electron chi connectivity index (χ0n) is 17.1. The summed E-state index contributed by atoms with van der Waals surface area (Å²) < 4.78 is 25.6. The van der Waals surface area contributed by atoms with E-state index in [4.69, 9.17) is 14.5 Å². The van der Waals surface area contributed by atoms with Crippen molar-refractivity contribution in [2.45, 2.75) is 38.7 Å². The molecular formula is C24H24FN3O2. The van der Waals surface area contributed by atoms with Crippen LogP contribution < -0.4 is 4.74 Å². The highest BCUT2D eigenvalue weighted by atomic mass is 19.1. The number of fused-ring (bicyclic) bond motifs is 2. The summed E-state index contributed by atoms with van der Waals surface area (Å²) in [5.41, 5.74) is 4.79. The van der Waals surface area contributed by atoms with Crippen molar-refractivity contribution in [3.63, 3.8) is 0 Å². The molecule has 0 bridgehead atoms. The van der Waals surface area contributed by atoms with Crippen LogP contribution in [0.3, 0.4) is 0 Å². The van der Waals surface area contributed by atoms with Crippen molar-refractivity contribution >= 4 is 21.8 Å². The largest absolute Gasteiger partial charge is 0.474 e. The van der Waals surface area contributed by atoms with Gasteiger partial charge in [0, 0.05) is 29.2 Å². The van der Waals surface area contributed by atoms with Gasteiger partial charge in [0.15, 0.2) is 0 Å². The number of aromatic nitrogens is 3. The molecule has 1 aliphatic heterocycles. The number of rotatable bonds is 4. The van der Waals surface area contributed by atoms with Gasteiger partial charge in [-0.3, -0.25) is 5.10 Å². The van der Waals surface area contributed by atoms with Crippen molar-refractivity contribution in [1.82, 2.24) is 15.2 Å². The summed E-state index contributed by atoms with van der Waals surface area (Å²) >= 11 is 0. The lowest BCUT2D eigenvalue weighted by molar-refractivity contribution is 0.0234. The second kappa shape index (κ2) is 7.69. The Morgan fingerprint density at radius 3 is 2.63 bits per heavy atom. The van der Waals surface area contributed by atoms with E-state index in [2.05, 4.69) is 30.1 Å². The van der Waals surface area contributed by atoms with E-state index in [0.29, 0.717) is 19.1 Å². The van der Waals surface area contributed by atoms with Crippen LogP contribution in [0.15, 0.2) is 42.6 Å². The fraction of sp³-hybridized carbons (Fsp3) is 0.333. The van der Waals surface area contributed by atoms with E-state index in [1.54, 1.807) is 0 Å². The van der Waals surface area contributed by atoms with Gasteiger partial charge in [-0.05, 0) is 41.3 Å². The first-order chi connectivity index (χ1) is 14.6. The first kappa shape index (κ1) is 19.0. The van der Waals surface area contributed by atoms with Crippen LogP contribution >= 0.6 is 0 Å². The number of nitrogens with zero attached hydrogens (tertiary/aromatic N) is 2. The standard InChI is InChI=1S/C24H24FN3O2/c1-14(2)22-23(15-3-5-17(25)6-4-15)19-11-16-13-26-28-20(16)12-21(19)27-24(22)30-18-7-9-29-10-8-18/h3-6,11-14,18H,7-10H2,1-2H3,(H,26,28). The summed E-state index contributed by atoms with van der Waals surface area (Å²) in [5.74, 6) is 0.582. The molecule has 5 rings (SSSR count). The monoisotopic (exact) mass is 405 g/mol. The maximum Gasteiger partial charge on any atom is 0.218 e. The number of nitrogens with one attached hydrogen (secondary N) is 1. The summed E-state index contributed by atoms with van der Waals surface area (Å²) in [6, 6.07) is 10.8. The summed E-state index contributed by atoms with van der Waals surface area (Å²) in [6.07, 6.45) is 3.59. The molecule has 154 valence electrons. The highest BCUT2D eigenvalue weighted by Gasteiger charge is 2.24. The Kier molecular flexibility index (Phi) is 4.87. The van der Waals surface area contributed by atoms with E-state index in [9.17, 15) is 4.39 Å². The molecule has 1 aliphatic rings. The van der Waals surface area contributed by atoms with Crippen molar-refractivity contribution in [1.29, 1.82) is 0 Å². The van der Waals surface area contributed by atoms with E-state index < -0.39 is 0 Å². The third kappa shape index (κ3) is 3.41. The van der Waals surface area contributed by atoms with Gasteiger partial charge in [0.2, 0.25) is 5.88 Å². The molecule has 0 spiro atoms. The SMILES string of the molecule is CC(C)c1c(OC2CCOCC2)nc2cc3[nH]ncc3cc2c1-c1ccc(F)cc1. The first-order valence-corrected chi connectivity index (χ1v) is 10.4. The van der Waals surface area contributed by atoms with Crippen molar-refractivity contribution in [3.8, 4) is 17.0 Å². The maximum absolute atomic E-state index is 13.7. The Morgan fingerprint density at radius 1 is 1.13 bits per heavy atom. The fourth-order valence-corrected chi connectivity index (χ4v) is 4.20. The predicted molar refractivity (Wildman–Crippen MR) is 115 cm³/mol. The third-order valence-electron chi connectivity index (χ3n) is 5.70. The summed E-state index contributed by atoms with van der Waals surface area (Å²) in [7, 11) is 0. The number of halogens is 1. The summed E-state index contributed by atoms with van der Waals surface area (Å²) in [5, 5.41) is 9.21. The molecule has 0 saturated carbocycles. The number of ether oxygens (including phenoxy) is 2. The van der Waals surface area contributed by atoms with E-state index in [1.807, 2.05) is 24.4 Å². The van der Waals surface area contributed by atoms with Crippen molar-refractivity contribution in [3.05, 3.63) is 54.0 Å². The minimum atomic E-state index is -0.251. The molecule has 0 aliphatic carbocycles. The number of pyridine rings is 1. The molecule has 30 heavy (non-hydrogen) atoms. The molecule has 4 aromatic rings. The lowest BCUT2D eigenvalue weighted by Crippen LogP contribution is -2.26. The van der Waals surface area contributed by atoms with Gasteiger partial charge >= 0.3 is 0 Å². The van der Waals surface area contributed by atoms with Gasteiger partial charge < -0.3 is 9.47 Å². The van der Waals surface area contributed by atoms with Crippen LogP contribution in [0.25, 0.3) is 32.9 Å². The zero-order chi connectivity index (χ0) is 20.7. The lowest BCUT2D eigenvalue weighted by atomic mass is 9.90. The molecule has 2 aromatic heterocycles. The minimum Gasteiger partial charge on any atom is -0.474 e. The molecule has 0 radical (unpaired) electrons. The van der Waals surface area contributed by atoms with Crippen LogP contribution in [0.2, 0.25) is 0 Å². The number of H-pyrrole nitrogens is 1. The van der Waals surface area contributed by atoms with Crippen molar-refractivity contribution < 1.29 is 13.9 Å². The molecule has 1 N–H and O–H groups in total. The molecule has 1 fully saturated rings. The quantitative estimate of drug-likeness (QED) is 0.480. The molecule has 6 heteroatoms. The Hall–Kier alpha value is -2.99. The Balaban J connectivity index is 1.78. The van der Waals surface area contributed by atoms with Gasteiger partial charge in [-0.2, -0.15) is 5.10 Å². The minimum absolute atomic E-state index is 0.0816. The topological polar surface area (TPSA) is 60.0 Å². The summed E-state index contributed by atoms with van der Waals surface area (Å²) in [4.78, 5) is 4.94. The predicted octanol–water partition coefficient (Wildman–Crippen LogP) is 5.60. The van der Waals surface area contributed by atoms with E-state index in [0.717, 1.165) is 51.3 Å². The van der Waals surface area contributed by atoms with Gasteiger partial charge in [-0.25, -0.2) is 9.37 Å². The number of aromatic amines is 1. The fourth-order valence-electron chi connectivity index (χ4n) is 4.20. The van der Waals surface area contributed by atoms with E-state index in [1.165, 1.54) is 12.1 Å². The van der Waals surface area contributed by atoms with Gasteiger partial charge in [0.05, 0.1) is 30.4 Å². The molecule has 5 nitrogen and oxygen atoms in total. The molecule has 1 saturated heterocycles. The smallest absolute Gasteiger partial charge is 0.218 e. The highest BCUT2D eigenvalue weighted by molar-refractivity contribution is 6.04. The maximum atomic E-state index is 13.7. The van der Waals surface area contributed by atoms with Crippen LogP contribution in [0.5, 0.6) is 5.88 Å². The molecule has 3 heterocycles.